The summed E-state index contributed by atoms with van der Waals surface area (Å²) in [5.41, 5.74) is 1.32. The number of aliphatic carboxylic acids is 1. The largest absolute Gasteiger partial charge is 0.481 e. The molecule has 0 amide bonds. The van der Waals surface area contributed by atoms with E-state index in [-0.39, 0.29) is 6.42 Å². The minimum Gasteiger partial charge on any atom is -0.481 e. The molecule has 3 nitrogen and oxygen atoms in total. The van der Waals surface area contributed by atoms with Crippen molar-refractivity contribution in [3.63, 3.8) is 0 Å². The normalized spacial score (nSPS) is 16.8. The molecule has 0 aromatic heterocycles. The predicted octanol–water partition coefficient (Wildman–Crippen LogP) is 3.37. The van der Waals surface area contributed by atoms with Crippen LogP contribution in [0.1, 0.15) is 50.1 Å². The Balaban J connectivity index is 1.84. The van der Waals surface area contributed by atoms with Crippen molar-refractivity contribution in [2.75, 3.05) is 6.54 Å². The Kier molecular flexibility index (Phi) is 5.40. The average Bonchev–Trinajstić information content (AvgIpc) is 2.36. The first-order chi connectivity index (χ1) is 9.25. The predicted molar refractivity (Wildman–Crippen MR) is 76.0 cm³/mol. The first-order valence-electron chi connectivity index (χ1n) is 7.26. The van der Waals surface area contributed by atoms with E-state index in [1.54, 1.807) is 0 Å². The summed E-state index contributed by atoms with van der Waals surface area (Å²) >= 11 is 0. The summed E-state index contributed by atoms with van der Waals surface area (Å²) in [4.78, 5) is 10.5. The third-order valence-corrected chi connectivity index (χ3v) is 3.95. The maximum atomic E-state index is 10.5. The topological polar surface area (TPSA) is 49.3 Å². The van der Waals surface area contributed by atoms with Gasteiger partial charge in [0.1, 0.15) is 0 Å². The van der Waals surface area contributed by atoms with Crippen molar-refractivity contribution in [1.82, 2.24) is 5.32 Å². The third kappa shape index (κ3) is 4.67. The van der Waals surface area contributed by atoms with Crippen molar-refractivity contribution in [1.29, 1.82) is 0 Å². The third-order valence-electron chi connectivity index (χ3n) is 3.95. The number of benzene rings is 1. The van der Waals surface area contributed by atoms with Crippen molar-refractivity contribution in [3.05, 3.63) is 35.9 Å². The summed E-state index contributed by atoms with van der Waals surface area (Å²) < 4.78 is 0. The van der Waals surface area contributed by atoms with E-state index in [1.165, 1.54) is 31.2 Å². The Morgan fingerprint density at radius 3 is 2.63 bits per heavy atom. The van der Waals surface area contributed by atoms with Gasteiger partial charge in [0, 0.05) is 12.5 Å². The Morgan fingerprint density at radius 1 is 1.32 bits per heavy atom. The number of carboxylic acids is 1. The maximum Gasteiger partial charge on any atom is 0.303 e. The van der Waals surface area contributed by atoms with E-state index in [4.69, 9.17) is 5.11 Å². The SMILES string of the molecule is O=C(O)CCCNC(CC1CCC1)c1ccccc1. The smallest absolute Gasteiger partial charge is 0.303 e. The van der Waals surface area contributed by atoms with Crippen LogP contribution in [0.4, 0.5) is 0 Å². The van der Waals surface area contributed by atoms with Gasteiger partial charge in [-0.2, -0.15) is 0 Å². The summed E-state index contributed by atoms with van der Waals surface area (Å²) in [6.45, 7) is 0.776. The van der Waals surface area contributed by atoms with Gasteiger partial charge in [0.25, 0.3) is 0 Å². The molecular formula is C16H23NO2. The van der Waals surface area contributed by atoms with Gasteiger partial charge in [0.2, 0.25) is 0 Å². The van der Waals surface area contributed by atoms with Gasteiger partial charge < -0.3 is 10.4 Å². The molecule has 1 aliphatic rings. The summed E-state index contributed by atoms with van der Waals surface area (Å²) in [6, 6.07) is 10.9. The molecule has 104 valence electrons. The van der Waals surface area contributed by atoms with Crippen molar-refractivity contribution >= 4 is 5.97 Å². The van der Waals surface area contributed by atoms with Crippen LogP contribution in [0, 0.1) is 5.92 Å². The van der Waals surface area contributed by atoms with Crippen molar-refractivity contribution < 1.29 is 9.90 Å². The minimum atomic E-state index is -0.711. The van der Waals surface area contributed by atoms with E-state index in [2.05, 4.69) is 29.6 Å². The lowest BCUT2D eigenvalue weighted by Gasteiger charge is -2.30. The summed E-state index contributed by atoms with van der Waals surface area (Å²) in [7, 11) is 0. The number of hydrogen-bond donors (Lipinski definition) is 2. The van der Waals surface area contributed by atoms with Crippen LogP contribution in [-0.2, 0) is 4.79 Å². The molecule has 3 heteroatoms. The van der Waals surface area contributed by atoms with Gasteiger partial charge >= 0.3 is 5.97 Å². The first-order valence-corrected chi connectivity index (χ1v) is 7.26. The molecule has 0 heterocycles. The van der Waals surface area contributed by atoms with Gasteiger partial charge in [-0.15, -0.1) is 0 Å². The van der Waals surface area contributed by atoms with Gasteiger partial charge in [0.15, 0.2) is 0 Å². The molecule has 19 heavy (non-hydrogen) atoms. The lowest BCUT2D eigenvalue weighted by molar-refractivity contribution is -0.137. The van der Waals surface area contributed by atoms with E-state index in [9.17, 15) is 4.79 Å². The van der Waals surface area contributed by atoms with Crippen LogP contribution in [0.15, 0.2) is 30.3 Å². The molecule has 1 aliphatic carbocycles. The quantitative estimate of drug-likeness (QED) is 0.705. The highest BCUT2D eigenvalue weighted by molar-refractivity contribution is 5.66. The van der Waals surface area contributed by atoms with Crippen LogP contribution in [0.2, 0.25) is 0 Å². The van der Waals surface area contributed by atoms with Gasteiger partial charge in [-0.05, 0) is 30.9 Å². The molecule has 1 aromatic carbocycles. The summed E-state index contributed by atoms with van der Waals surface area (Å²) in [5.74, 6) is 0.134. The van der Waals surface area contributed by atoms with Crippen molar-refractivity contribution in [2.24, 2.45) is 5.92 Å². The fourth-order valence-electron chi connectivity index (χ4n) is 2.60. The van der Waals surface area contributed by atoms with E-state index >= 15 is 0 Å². The molecule has 2 N–H and O–H groups in total. The Hall–Kier alpha value is -1.35. The molecule has 1 atom stereocenters. The molecule has 0 radical (unpaired) electrons. The Bertz CT molecular complexity index is 387. The summed E-state index contributed by atoms with van der Waals surface area (Å²) in [6.07, 6.45) is 6.18. The van der Waals surface area contributed by atoms with E-state index in [0.29, 0.717) is 12.5 Å². The number of rotatable bonds is 8. The molecule has 0 aliphatic heterocycles. The fraction of sp³-hybridized carbons (Fsp3) is 0.562. The second-order valence-corrected chi connectivity index (χ2v) is 5.45. The van der Waals surface area contributed by atoms with E-state index in [1.807, 2.05) is 6.07 Å². The van der Waals surface area contributed by atoms with Crippen LogP contribution < -0.4 is 5.32 Å². The Labute approximate surface area is 115 Å². The van der Waals surface area contributed by atoms with Crippen LogP contribution >= 0.6 is 0 Å². The van der Waals surface area contributed by atoms with E-state index < -0.39 is 5.97 Å². The van der Waals surface area contributed by atoms with Gasteiger partial charge in [-0.3, -0.25) is 4.79 Å². The summed E-state index contributed by atoms with van der Waals surface area (Å²) in [5, 5.41) is 12.2. The van der Waals surface area contributed by atoms with Gasteiger partial charge in [-0.1, -0.05) is 49.6 Å². The number of carboxylic acid groups (broad SMARTS) is 1. The molecule has 1 fully saturated rings. The zero-order valence-corrected chi connectivity index (χ0v) is 11.3. The minimum absolute atomic E-state index is 0.248. The van der Waals surface area contributed by atoms with E-state index in [0.717, 1.165) is 12.5 Å². The number of carbonyl (C=O) groups is 1. The maximum absolute atomic E-state index is 10.5. The lowest BCUT2D eigenvalue weighted by atomic mass is 9.79. The average molecular weight is 261 g/mol. The van der Waals surface area contributed by atoms with Crippen LogP contribution in [0.25, 0.3) is 0 Å². The molecule has 0 spiro atoms. The van der Waals surface area contributed by atoms with Gasteiger partial charge in [-0.25, -0.2) is 0 Å². The Morgan fingerprint density at radius 2 is 2.05 bits per heavy atom. The molecule has 0 bridgehead atoms. The highest BCUT2D eigenvalue weighted by Crippen LogP contribution is 2.34. The van der Waals surface area contributed by atoms with Crippen LogP contribution in [0.5, 0.6) is 0 Å². The molecule has 1 unspecified atom stereocenters. The van der Waals surface area contributed by atoms with Crippen LogP contribution in [-0.4, -0.2) is 17.6 Å². The molecule has 2 rings (SSSR count). The van der Waals surface area contributed by atoms with Crippen molar-refractivity contribution in [2.45, 2.75) is 44.6 Å². The van der Waals surface area contributed by atoms with Gasteiger partial charge in [0.05, 0.1) is 0 Å². The van der Waals surface area contributed by atoms with Crippen molar-refractivity contribution in [3.8, 4) is 0 Å². The van der Waals surface area contributed by atoms with Crippen LogP contribution in [0.3, 0.4) is 0 Å². The fourth-order valence-corrected chi connectivity index (χ4v) is 2.60. The molecule has 0 saturated heterocycles. The second-order valence-electron chi connectivity index (χ2n) is 5.45. The zero-order valence-electron chi connectivity index (χ0n) is 11.3. The number of nitrogens with one attached hydrogen (secondary N) is 1. The number of hydrogen-bond acceptors (Lipinski definition) is 2. The second kappa shape index (κ2) is 7.29. The molecule has 1 aromatic rings. The zero-order chi connectivity index (χ0) is 13.5. The highest BCUT2D eigenvalue weighted by Gasteiger charge is 2.22. The first kappa shape index (κ1) is 14.1. The monoisotopic (exact) mass is 261 g/mol. The highest BCUT2D eigenvalue weighted by atomic mass is 16.4. The molecule has 1 saturated carbocycles. The standard InChI is InChI=1S/C16H23NO2/c18-16(19)10-5-11-17-15(12-13-6-4-7-13)14-8-2-1-3-9-14/h1-3,8-9,13,15,17H,4-7,10-12H2,(H,18,19). The lowest BCUT2D eigenvalue weighted by Crippen LogP contribution is -2.27. The molecular weight excluding hydrogens is 238 g/mol.